The van der Waals surface area contributed by atoms with E-state index in [1.165, 1.54) is 0 Å². The summed E-state index contributed by atoms with van der Waals surface area (Å²) in [5.74, 6) is 1.74. The van der Waals surface area contributed by atoms with Crippen LogP contribution in [-0.4, -0.2) is 34.4 Å². The monoisotopic (exact) mass is 428 g/mol. The maximum absolute atomic E-state index is 12.9. The molecule has 1 N–H and O–H groups in total. The van der Waals surface area contributed by atoms with Gasteiger partial charge in [0.1, 0.15) is 11.5 Å². The van der Waals surface area contributed by atoms with E-state index < -0.39 is 5.91 Å². The number of anilines is 1. The molecule has 1 aromatic heterocycles. The van der Waals surface area contributed by atoms with Crippen molar-refractivity contribution in [1.82, 2.24) is 14.8 Å². The first-order valence-electron chi connectivity index (χ1n) is 10.3. The van der Waals surface area contributed by atoms with Crippen molar-refractivity contribution in [2.45, 2.75) is 13.8 Å². The summed E-state index contributed by atoms with van der Waals surface area (Å²) in [5, 5.41) is 7.35. The maximum Gasteiger partial charge on any atom is 0.295 e. The summed E-state index contributed by atoms with van der Waals surface area (Å²) in [6.07, 6.45) is 0. The molecule has 0 atom stereocenters. The third-order valence-corrected chi connectivity index (χ3v) is 4.86. The van der Waals surface area contributed by atoms with Crippen molar-refractivity contribution >= 4 is 11.6 Å². The zero-order valence-corrected chi connectivity index (χ0v) is 18.2. The van der Waals surface area contributed by atoms with Crippen LogP contribution in [0.3, 0.4) is 0 Å². The van der Waals surface area contributed by atoms with Crippen LogP contribution in [-0.2, 0) is 0 Å². The highest BCUT2D eigenvalue weighted by Gasteiger charge is 2.19. The average Bonchev–Trinajstić information content (AvgIpc) is 3.26. The van der Waals surface area contributed by atoms with E-state index in [0.29, 0.717) is 23.9 Å². The topological polar surface area (TPSA) is 78.3 Å². The SMILES string of the molecule is CCOc1ccc(-n2nc(C(=O)Nc3ccc(OC)cc3)nc2-c2ccc(C)cc2)cc1. The van der Waals surface area contributed by atoms with Gasteiger partial charge in [-0.3, -0.25) is 4.79 Å². The number of hydrogen-bond donors (Lipinski definition) is 1. The highest BCUT2D eigenvalue weighted by atomic mass is 16.5. The fourth-order valence-electron chi connectivity index (χ4n) is 3.19. The fraction of sp³-hybridized carbons (Fsp3) is 0.160. The van der Waals surface area contributed by atoms with Crippen LogP contribution >= 0.6 is 0 Å². The second-order valence-electron chi connectivity index (χ2n) is 7.15. The van der Waals surface area contributed by atoms with E-state index in [4.69, 9.17) is 9.47 Å². The Kier molecular flexibility index (Phi) is 6.17. The molecular weight excluding hydrogens is 404 g/mol. The molecule has 0 saturated carbocycles. The first-order chi connectivity index (χ1) is 15.6. The number of nitrogens with zero attached hydrogens (tertiary/aromatic N) is 3. The van der Waals surface area contributed by atoms with Crippen LogP contribution in [0, 0.1) is 6.92 Å². The number of rotatable bonds is 7. The van der Waals surface area contributed by atoms with Gasteiger partial charge in [-0.05, 0) is 62.4 Å². The van der Waals surface area contributed by atoms with Crippen LogP contribution in [0.15, 0.2) is 72.8 Å². The number of carbonyl (C=O) groups excluding carboxylic acids is 1. The van der Waals surface area contributed by atoms with Gasteiger partial charge in [-0.2, -0.15) is 0 Å². The summed E-state index contributed by atoms with van der Waals surface area (Å²) in [5.41, 5.74) is 3.41. The number of amides is 1. The largest absolute Gasteiger partial charge is 0.497 e. The van der Waals surface area contributed by atoms with Gasteiger partial charge < -0.3 is 14.8 Å². The lowest BCUT2D eigenvalue weighted by Gasteiger charge is -2.08. The van der Waals surface area contributed by atoms with Crippen LogP contribution in [0.25, 0.3) is 17.1 Å². The molecule has 4 aromatic rings. The molecular formula is C25H24N4O3. The average molecular weight is 428 g/mol. The van der Waals surface area contributed by atoms with Crippen LogP contribution < -0.4 is 14.8 Å². The van der Waals surface area contributed by atoms with Gasteiger partial charge in [-0.25, -0.2) is 9.67 Å². The Hall–Kier alpha value is -4.13. The summed E-state index contributed by atoms with van der Waals surface area (Å²) in [4.78, 5) is 17.4. The molecule has 162 valence electrons. The Balaban J connectivity index is 1.69. The van der Waals surface area contributed by atoms with Crippen molar-refractivity contribution in [3.05, 3.63) is 84.2 Å². The highest BCUT2D eigenvalue weighted by molar-refractivity contribution is 6.01. The summed E-state index contributed by atoms with van der Waals surface area (Å²) < 4.78 is 12.4. The van der Waals surface area contributed by atoms with Crippen LogP contribution in [0.4, 0.5) is 5.69 Å². The van der Waals surface area contributed by atoms with E-state index in [0.717, 1.165) is 22.6 Å². The lowest BCUT2D eigenvalue weighted by Crippen LogP contribution is -2.14. The predicted molar refractivity (Wildman–Crippen MR) is 124 cm³/mol. The van der Waals surface area contributed by atoms with Gasteiger partial charge in [-0.15, -0.1) is 5.10 Å². The molecule has 0 aliphatic carbocycles. The molecule has 4 rings (SSSR count). The van der Waals surface area contributed by atoms with Gasteiger partial charge in [0.05, 0.1) is 19.4 Å². The van der Waals surface area contributed by atoms with E-state index in [1.807, 2.05) is 62.4 Å². The molecule has 1 heterocycles. The van der Waals surface area contributed by atoms with Crippen LogP contribution in [0.1, 0.15) is 23.1 Å². The zero-order valence-electron chi connectivity index (χ0n) is 18.2. The third kappa shape index (κ3) is 4.62. The molecule has 32 heavy (non-hydrogen) atoms. The first-order valence-corrected chi connectivity index (χ1v) is 10.3. The Bertz CT molecular complexity index is 1200. The Morgan fingerprint density at radius 3 is 2.22 bits per heavy atom. The second-order valence-corrected chi connectivity index (χ2v) is 7.15. The van der Waals surface area contributed by atoms with Gasteiger partial charge in [0, 0.05) is 11.3 Å². The Labute approximate surface area is 186 Å². The van der Waals surface area contributed by atoms with Gasteiger partial charge in [-0.1, -0.05) is 29.8 Å². The van der Waals surface area contributed by atoms with Crippen molar-refractivity contribution in [2.75, 3.05) is 19.0 Å². The number of aryl methyl sites for hydroxylation is 1. The van der Waals surface area contributed by atoms with Gasteiger partial charge >= 0.3 is 0 Å². The van der Waals surface area contributed by atoms with E-state index >= 15 is 0 Å². The van der Waals surface area contributed by atoms with Crippen LogP contribution in [0.2, 0.25) is 0 Å². The molecule has 0 saturated heterocycles. The lowest BCUT2D eigenvalue weighted by atomic mass is 10.1. The van der Waals surface area contributed by atoms with E-state index in [9.17, 15) is 4.79 Å². The first kappa shape index (κ1) is 21.1. The molecule has 0 unspecified atom stereocenters. The van der Waals surface area contributed by atoms with Crippen molar-refractivity contribution in [3.63, 3.8) is 0 Å². The number of carbonyl (C=O) groups is 1. The molecule has 0 aliphatic heterocycles. The minimum absolute atomic E-state index is 0.0743. The minimum Gasteiger partial charge on any atom is -0.497 e. The predicted octanol–water partition coefficient (Wildman–Crippen LogP) is 4.90. The summed E-state index contributed by atoms with van der Waals surface area (Å²) in [6.45, 7) is 4.55. The second kappa shape index (κ2) is 9.34. The molecule has 1 amide bonds. The molecule has 0 radical (unpaired) electrons. The maximum atomic E-state index is 12.9. The number of benzene rings is 3. The van der Waals surface area contributed by atoms with Gasteiger partial charge in [0.15, 0.2) is 5.82 Å². The fourth-order valence-corrected chi connectivity index (χ4v) is 3.19. The van der Waals surface area contributed by atoms with E-state index in [2.05, 4.69) is 15.4 Å². The minimum atomic E-state index is -0.395. The number of hydrogen-bond acceptors (Lipinski definition) is 5. The van der Waals surface area contributed by atoms with Crippen molar-refractivity contribution in [1.29, 1.82) is 0 Å². The molecule has 0 aliphatic rings. The quantitative estimate of drug-likeness (QED) is 0.453. The van der Waals surface area contributed by atoms with E-state index in [1.54, 1.807) is 36.1 Å². The molecule has 3 aromatic carbocycles. The van der Waals surface area contributed by atoms with Crippen molar-refractivity contribution in [2.24, 2.45) is 0 Å². The van der Waals surface area contributed by atoms with Gasteiger partial charge in [0.25, 0.3) is 5.91 Å². The number of methoxy groups -OCH3 is 1. The third-order valence-electron chi connectivity index (χ3n) is 4.86. The normalized spacial score (nSPS) is 10.6. The molecule has 7 nitrogen and oxygen atoms in total. The molecule has 0 bridgehead atoms. The van der Waals surface area contributed by atoms with Crippen molar-refractivity contribution < 1.29 is 14.3 Å². The number of aromatic nitrogens is 3. The summed E-state index contributed by atoms with van der Waals surface area (Å²) in [7, 11) is 1.59. The van der Waals surface area contributed by atoms with E-state index in [-0.39, 0.29) is 5.82 Å². The molecule has 0 fully saturated rings. The Morgan fingerprint density at radius 1 is 0.938 bits per heavy atom. The number of ether oxygens (including phenoxy) is 2. The zero-order chi connectivity index (χ0) is 22.5. The van der Waals surface area contributed by atoms with Gasteiger partial charge in [0.2, 0.25) is 5.82 Å². The van der Waals surface area contributed by atoms with Crippen molar-refractivity contribution in [3.8, 4) is 28.6 Å². The summed E-state index contributed by atoms with van der Waals surface area (Å²) >= 11 is 0. The Morgan fingerprint density at radius 2 is 1.59 bits per heavy atom. The summed E-state index contributed by atoms with van der Waals surface area (Å²) in [6, 6.07) is 22.6. The highest BCUT2D eigenvalue weighted by Crippen LogP contribution is 2.24. The molecule has 7 heteroatoms. The van der Waals surface area contributed by atoms with Crippen LogP contribution in [0.5, 0.6) is 11.5 Å². The molecule has 0 spiro atoms. The smallest absolute Gasteiger partial charge is 0.295 e. The lowest BCUT2D eigenvalue weighted by molar-refractivity contribution is 0.101. The standard InChI is InChI=1S/C25H24N4O3/c1-4-32-22-15-11-20(12-16-22)29-24(18-7-5-17(2)6-8-18)27-23(28-29)25(30)26-19-9-13-21(31-3)14-10-19/h5-16H,4H2,1-3H3,(H,26,30). The number of nitrogens with one attached hydrogen (secondary N) is 1.